The van der Waals surface area contributed by atoms with Gasteiger partial charge in [-0.2, -0.15) is 0 Å². The second-order valence-corrected chi connectivity index (χ2v) is 5.81. The molecule has 0 amide bonds. The summed E-state index contributed by atoms with van der Waals surface area (Å²) in [5.41, 5.74) is 0. The molecular weight excluding hydrogens is 196 g/mol. The SMILES string of the molecule is CC1CCN(CCCC2CCCCN2)CC1. The molecular formula is C14H28N2. The van der Waals surface area contributed by atoms with E-state index in [1.807, 2.05) is 0 Å². The second-order valence-electron chi connectivity index (χ2n) is 5.81. The van der Waals surface area contributed by atoms with Crippen molar-refractivity contribution >= 4 is 0 Å². The van der Waals surface area contributed by atoms with Crippen LogP contribution in [0.3, 0.4) is 0 Å². The minimum Gasteiger partial charge on any atom is -0.314 e. The third-order valence-corrected chi connectivity index (χ3v) is 4.32. The Morgan fingerprint density at radius 2 is 1.94 bits per heavy atom. The van der Waals surface area contributed by atoms with Crippen molar-refractivity contribution in [2.75, 3.05) is 26.2 Å². The number of nitrogens with one attached hydrogen (secondary N) is 1. The van der Waals surface area contributed by atoms with Gasteiger partial charge in [0.2, 0.25) is 0 Å². The average Bonchev–Trinajstić information content (AvgIpc) is 2.33. The molecule has 0 aromatic heterocycles. The number of nitrogens with zero attached hydrogens (tertiary/aromatic N) is 1. The minimum absolute atomic E-state index is 0.831. The molecule has 2 rings (SSSR count). The van der Waals surface area contributed by atoms with Crippen molar-refractivity contribution in [2.24, 2.45) is 5.92 Å². The first kappa shape index (κ1) is 12.4. The summed E-state index contributed by atoms with van der Waals surface area (Å²) in [7, 11) is 0. The molecule has 16 heavy (non-hydrogen) atoms. The lowest BCUT2D eigenvalue weighted by Gasteiger charge is -2.31. The van der Waals surface area contributed by atoms with E-state index in [1.54, 1.807) is 0 Å². The lowest BCUT2D eigenvalue weighted by atomic mass is 9.98. The minimum atomic E-state index is 0.831. The van der Waals surface area contributed by atoms with Crippen LogP contribution in [0.5, 0.6) is 0 Å². The molecule has 2 aliphatic rings. The Morgan fingerprint density at radius 3 is 2.62 bits per heavy atom. The Kier molecular flexibility index (Phi) is 5.11. The molecule has 2 aliphatic heterocycles. The van der Waals surface area contributed by atoms with Crippen LogP contribution in [-0.4, -0.2) is 37.1 Å². The molecule has 2 fully saturated rings. The number of rotatable bonds is 4. The van der Waals surface area contributed by atoms with Crippen LogP contribution in [-0.2, 0) is 0 Å². The molecule has 1 atom stereocenters. The van der Waals surface area contributed by atoms with Gasteiger partial charge in [0.25, 0.3) is 0 Å². The zero-order chi connectivity index (χ0) is 11.2. The second kappa shape index (κ2) is 6.61. The maximum absolute atomic E-state index is 3.65. The van der Waals surface area contributed by atoms with Crippen molar-refractivity contribution in [1.82, 2.24) is 10.2 Å². The standard InChI is InChI=1S/C14H28N2/c1-13-7-11-16(12-8-13)10-4-6-14-5-2-3-9-15-14/h13-15H,2-12H2,1H3. The molecule has 0 spiro atoms. The van der Waals surface area contributed by atoms with E-state index in [9.17, 15) is 0 Å². The van der Waals surface area contributed by atoms with E-state index in [4.69, 9.17) is 0 Å². The zero-order valence-electron chi connectivity index (χ0n) is 10.9. The van der Waals surface area contributed by atoms with Gasteiger partial charge in [-0.3, -0.25) is 0 Å². The van der Waals surface area contributed by atoms with Gasteiger partial charge in [0, 0.05) is 6.04 Å². The van der Waals surface area contributed by atoms with Gasteiger partial charge in [0.1, 0.15) is 0 Å². The number of hydrogen-bond donors (Lipinski definition) is 1. The quantitative estimate of drug-likeness (QED) is 0.790. The summed E-state index contributed by atoms with van der Waals surface area (Å²) in [6.45, 7) is 7.68. The van der Waals surface area contributed by atoms with Gasteiger partial charge < -0.3 is 10.2 Å². The molecule has 0 radical (unpaired) electrons. The van der Waals surface area contributed by atoms with Crippen LogP contribution in [0, 0.1) is 5.92 Å². The van der Waals surface area contributed by atoms with Crippen LogP contribution in [0.25, 0.3) is 0 Å². The third kappa shape index (κ3) is 4.06. The fraction of sp³-hybridized carbons (Fsp3) is 1.00. The lowest BCUT2D eigenvalue weighted by Crippen LogP contribution is -2.36. The van der Waals surface area contributed by atoms with Crippen LogP contribution in [0.4, 0.5) is 0 Å². The summed E-state index contributed by atoms with van der Waals surface area (Å²) in [5.74, 6) is 0.969. The van der Waals surface area contributed by atoms with E-state index >= 15 is 0 Å². The first-order valence-corrected chi connectivity index (χ1v) is 7.30. The topological polar surface area (TPSA) is 15.3 Å². The van der Waals surface area contributed by atoms with E-state index in [0.717, 1.165) is 12.0 Å². The van der Waals surface area contributed by atoms with Crippen molar-refractivity contribution in [3.63, 3.8) is 0 Å². The van der Waals surface area contributed by atoms with Gasteiger partial charge in [-0.15, -0.1) is 0 Å². The molecule has 2 heteroatoms. The largest absolute Gasteiger partial charge is 0.314 e. The fourth-order valence-corrected chi connectivity index (χ4v) is 3.02. The first-order chi connectivity index (χ1) is 7.84. The Labute approximate surface area is 101 Å². The Balaban J connectivity index is 1.53. The average molecular weight is 224 g/mol. The van der Waals surface area contributed by atoms with Gasteiger partial charge in [-0.25, -0.2) is 0 Å². The molecule has 0 aromatic rings. The molecule has 0 aliphatic carbocycles. The molecule has 0 aromatic carbocycles. The first-order valence-electron chi connectivity index (χ1n) is 7.30. The van der Waals surface area contributed by atoms with E-state index in [1.165, 1.54) is 71.1 Å². The Morgan fingerprint density at radius 1 is 1.12 bits per heavy atom. The van der Waals surface area contributed by atoms with Crippen LogP contribution in [0.2, 0.25) is 0 Å². The summed E-state index contributed by atoms with van der Waals surface area (Å²) >= 11 is 0. The maximum Gasteiger partial charge on any atom is 0.00675 e. The molecule has 1 N–H and O–H groups in total. The van der Waals surface area contributed by atoms with Crippen LogP contribution < -0.4 is 5.32 Å². The summed E-state index contributed by atoms with van der Waals surface area (Å²) in [6, 6.07) is 0.831. The molecule has 2 heterocycles. The van der Waals surface area contributed by atoms with Crippen LogP contribution >= 0.6 is 0 Å². The van der Waals surface area contributed by atoms with Crippen molar-refractivity contribution in [2.45, 2.75) is 57.9 Å². The molecule has 0 saturated carbocycles. The van der Waals surface area contributed by atoms with Crippen LogP contribution in [0.1, 0.15) is 51.9 Å². The summed E-state index contributed by atoms with van der Waals surface area (Å²) in [5, 5.41) is 3.65. The normalized spacial score (nSPS) is 29.4. The third-order valence-electron chi connectivity index (χ3n) is 4.32. The van der Waals surface area contributed by atoms with Gasteiger partial charge in [-0.05, 0) is 70.6 Å². The maximum atomic E-state index is 3.65. The van der Waals surface area contributed by atoms with E-state index < -0.39 is 0 Å². The van der Waals surface area contributed by atoms with Crippen LogP contribution in [0.15, 0.2) is 0 Å². The fourth-order valence-electron chi connectivity index (χ4n) is 3.02. The molecule has 0 bridgehead atoms. The molecule has 1 unspecified atom stereocenters. The van der Waals surface area contributed by atoms with Gasteiger partial charge in [0.05, 0.1) is 0 Å². The Hall–Kier alpha value is -0.0800. The van der Waals surface area contributed by atoms with Crippen molar-refractivity contribution in [3.05, 3.63) is 0 Å². The number of piperidine rings is 2. The highest BCUT2D eigenvalue weighted by Gasteiger charge is 2.16. The van der Waals surface area contributed by atoms with Gasteiger partial charge >= 0.3 is 0 Å². The lowest BCUT2D eigenvalue weighted by molar-refractivity contribution is 0.186. The molecule has 2 nitrogen and oxygen atoms in total. The zero-order valence-corrected chi connectivity index (χ0v) is 10.9. The van der Waals surface area contributed by atoms with E-state index in [-0.39, 0.29) is 0 Å². The summed E-state index contributed by atoms with van der Waals surface area (Å²) in [4.78, 5) is 2.67. The monoisotopic (exact) mass is 224 g/mol. The predicted molar refractivity (Wildman–Crippen MR) is 69.7 cm³/mol. The highest BCUT2D eigenvalue weighted by atomic mass is 15.1. The summed E-state index contributed by atoms with van der Waals surface area (Å²) in [6.07, 6.45) is 9.87. The van der Waals surface area contributed by atoms with E-state index in [2.05, 4.69) is 17.1 Å². The number of likely N-dealkylation sites (tertiary alicyclic amines) is 1. The van der Waals surface area contributed by atoms with Gasteiger partial charge in [-0.1, -0.05) is 13.3 Å². The van der Waals surface area contributed by atoms with Crippen molar-refractivity contribution in [1.29, 1.82) is 0 Å². The highest BCUT2D eigenvalue weighted by Crippen LogP contribution is 2.17. The highest BCUT2D eigenvalue weighted by molar-refractivity contribution is 4.74. The summed E-state index contributed by atoms with van der Waals surface area (Å²) < 4.78 is 0. The van der Waals surface area contributed by atoms with Crippen molar-refractivity contribution in [3.8, 4) is 0 Å². The van der Waals surface area contributed by atoms with Crippen molar-refractivity contribution < 1.29 is 0 Å². The predicted octanol–water partition coefficient (Wildman–Crippen LogP) is 2.64. The molecule has 94 valence electrons. The van der Waals surface area contributed by atoms with E-state index in [0.29, 0.717) is 0 Å². The smallest absolute Gasteiger partial charge is 0.00675 e. The van der Waals surface area contributed by atoms with Gasteiger partial charge in [0.15, 0.2) is 0 Å². The Bertz CT molecular complexity index is 179. The molecule has 2 saturated heterocycles. The number of hydrogen-bond acceptors (Lipinski definition) is 2.